The van der Waals surface area contributed by atoms with Crippen LogP contribution >= 0.6 is 12.4 Å². The summed E-state index contributed by atoms with van der Waals surface area (Å²) in [6.45, 7) is 4.68. The maximum absolute atomic E-state index is 13.3. The van der Waals surface area contributed by atoms with Gasteiger partial charge in [-0.25, -0.2) is 4.79 Å². The summed E-state index contributed by atoms with van der Waals surface area (Å²) >= 11 is 0. The van der Waals surface area contributed by atoms with Gasteiger partial charge in [0.05, 0.1) is 6.04 Å². The van der Waals surface area contributed by atoms with Crippen LogP contribution in [0.1, 0.15) is 44.4 Å². The number of halogens is 1. The predicted molar refractivity (Wildman–Crippen MR) is 169 cm³/mol. The van der Waals surface area contributed by atoms with E-state index in [4.69, 9.17) is 29.4 Å². The molecule has 0 fully saturated rings. The van der Waals surface area contributed by atoms with Crippen LogP contribution in [0, 0.1) is 0 Å². The molecule has 1 amide bonds. The fourth-order valence-electron chi connectivity index (χ4n) is 4.19. The van der Waals surface area contributed by atoms with Crippen LogP contribution in [0.5, 0.6) is 23.0 Å². The number of nitrogens with one attached hydrogen (secondary N) is 1. The highest BCUT2D eigenvalue weighted by Gasteiger charge is 2.27. The number of rotatable bonds is 13. The lowest BCUT2D eigenvalue weighted by Gasteiger charge is -2.21. The third kappa shape index (κ3) is 12.6. The Kier molecular flexibility index (Phi) is 14.5. The van der Waals surface area contributed by atoms with Gasteiger partial charge in [0.2, 0.25) is 5.91 Å². The fraction of sp³-hybridized carbons (Fsp3) is 0.273. The van der Waals surface area contributed by atoms with Gasteiger partial charge in [0.25, 0.3) is 0 Å². The van der Waals surface area contributed by atoms with Gasteiger partial charge in [0.1, 0.15) is 12.6 Å². The average Bonchev–Trinajstić information content (AvgIpc) is 2.97. The molecule has 3 aromatic carbocycles. The van der Waals surface area contributed by atoms with Crippen LogP contribution in [0.4, 0.5) is 0 Å². The molecule has 0 radical (unpaired) electrons. The highest BCUT2D eigenvalue weighted by atomic mass is 35.5. The van der Waals surface area contributed by atoms with Crippen molar-refractivity contribution in [2.24, 2.45) is 5.73 Å². The van der Waals surface area contributed by atoms with Crippen molar-refractivity contribution in [1.29, 1.82) is 0 Å². The summed E-state index contributed by atoms with van der Waals surface area (Å²) in [5.41, 5.74) is 7.85. The van der Waals surface area contributed by atoms with Gasteiger partial charge in [-0.2, -0.15) is 0 Å². The van der Waals surface area contributed by atoms with Crippen LogP contribution in [-0.4, -0.2) is 47.8 Å². The van der Waals surface area contributed by atoms with Crippen molar-refractivity contribution in [3.05, 3.63) is 83.4 Å². The maximum atomic E-state index is 13.3. The number of nitrogens with two attached hydrogens (primary N) is 1. The number of hydrogen-bond acceptors (Lipinski definition) is 12. The number of hydrogen-bond donors (Lipinski definition) is 2. The Morgan fingerprint density at radius 3 is 1.53 bits per heavy atom. The van der Waals surface area contributed by atoms with Crippen molar-refractivity contribution >= 4 is 48.2 Å². The molecular weight excluding hydrogens is 636 g/mol. The molecule has 0 unspecified atom stereocenters. The van der Waals surface area contributed by atoms with Gasteiger partial charge >= 0.3 is 29.8 Å². The molecule has 0 saturated carbocycles. The molecule has 0 aliphatic rings. The molecule has 3 rings (SSSR count). The standard InChI is InChI=1S/C33H34N2O11.ClH/c1-19(36)43-28-12-10-24(16-30(28)45-21(3)38)14-26(34)32(40)35-27(33(41)42-18-23-8-6-5-7-9-23)15-25-11-13-29(44-20(2)37)31(17-25)46-22(4)39;/h5-13,16-17,26-27H,14-15,18,34H2,1-4H3,(H,35,40);1H/t26-,27-;/m0./s1. The summed E-state index contributed by atoms with van der Waals surface area (Å²) in [6.07, 6.45) is -0.145. The number of ether oxygens (including phenoxy) is 5. The second-order valence-electron chi connectivity index (χ2n) is 10.1. The minimum Gasteiger partial charge on any atom is -0.459 e. The molecule has 0 saturated heterocycles. The van der Waals surface area contributed by atoms with Crippen LogP contribution < -0.4 is 30.0 Å². The van der Waals surface area contributed by atoms with Crippen LogP contribution in [0.15, 0.2) is 66.7 Å². The Morgan fingerprint density at radius 1 is 0.617 bits per heavy atom. The topological polar surface area (TPSA) is 187 Å². The summed E-state index contributed by atoms with van der Waals surface area (Å²) in [5.74, 6) is -4.11. The predicted octanol–water partition coefficient (Wildman–Crippen LogP) is 3.15. The minimum atomic E-state index is -1.23. The Bertz CT molecular complexity index is 1610. The highest BCUT2D eigenvalue weighted by Crippen LogP contribution is 2.30. The lowest BCUT2D eigenvalue weighted by Crippen LogP contribution is -2.50. The van der Waals surface area contributed by atoms with Crippen molar-refractivity contribution in [3.8, 4) is 23.0 Å². The zero-order chi connectivity index (χ0) is 33.8. The van der Waals surface area contributed by atoms with Crippen molar-refractivity contribution in [2.45, 2.75) is 59.2 Å². The average molecular weight is 671 g/mol. The van der Waals surface area contributed by atoms with Gasteiger partial charge in [0.15, 0.2) is 23.0 Å². The molecule has 0 heterocycles. The first kappa shape index (κ1) is 37.9. The SMILES string of the molecule is CC(=O)Oc1ccc(C[C@H](NC(=O)[C@@H](N)Cc2ccc(OC(C)=O)c(OC(C)=O)c2)C(=O)OCc2ccccc2)cc1OC(C)=O.Cl. The smallest absolute Gasteiger partial charge is 0.329 e. The van der Waals surface area contributed by atoms with E-state index < -0.39 is 47.8 Å². The third-order valence-electron chi connectivity index (χ3n) is 6.09. The molecule has 13 nitrogen and oxygen atoms in total. The van der Waals surface area contributed by atoms with Gasteiger partial charge in [0, 0.05) is 34.1 Å². The molecular formula is C33H35ClN2O11. The quantitative estimate of drug-likeness (QED) is 0.200. The largest absolute Gasteiger partial charge is 0.459 e. The number of carbonyl (C=O) groups excluding carboxylic acids is 6. The van der Waals surface area contributed by atoms with E-state index >= 15 is 0 Å². The molecule has 0 aliphatic carbocycles. The monoisotopic (exact) mass is 670 g/mol. The molecule has 14 heteroatoms. The lowest BCUT2D eigenvalue weighted by atomic mass is 10.0. The van der Waals surface area contributed by atoms with Gasteiger partial charge in [-0.1, -0.05) is 42.5 Å². The Labute approximate surface area is 277 Å². The van der Waals surface area contributed by atoms with Gasteiger partial charge in [-0.3, -0.25) is 24.0 Å². The molecule has 3 N–H and O–H groups in total. The van der Waals surface area contributed by atoms with Crippen LogP contribution in [0.2, 0.25) is 0 Å². The van der Waals surface area contributed by atoms with Crippen molar-refractivity contribution in [2.75, 3.05) is 0 Å². The summed E-state index contributed by atoms with van der Waals surface area (Å²) in [7, 11) is 0. The summed E-state index contributed by atoms with van der Waals surface area (Å²) in [4.78, 5) is 72.7. The first-order valence-electron chi connectivity index (χ1n) is 14.1. The minimum absolute atomic E-state index is 0. The maximum Gasteiger partial charge on any atom is 0.329 e. The van der Waals surface area contributed by atoms with Crippen LogP contribution in [0.25, 0.3) is 0 Å². The molecule has 0 bridgehead atoms. The first-order valence-corrected chi connectivity index (χ1v) is 14.1. The number of esters is 5. The highest BCUT2D eigenvalue weighted by molar-refractivity contribution is 5.88. The second-order valence-corrected chi connectivity index (χ2v) is 10.1. The van der Waals surface area contributed by atoms with Gasteiger partial charge in [-0.05, 0) is 47.4 Å². The molecule has 0 aromatic heterocycles. The molecule has 0 aliphatic heterocycles. The summed E-state index contributed by atoms with van der Waals surface area (Å²) < 4.78 is 26.0. The summed E-state index contributed by atoms with van der Waals surface area (Å²) in [6, 6.07) is 15.2. The second kappa shape index (κ2) is 18.0. The van der Waals surface area contributed by atoms with Crippen LogP contribution in [-0.2, 0) is 53.0 Å². The third-order valence-corrected chi connectivity index (χ3v) is 6.09. The van der Waals surface area contributed by atoms with E-state index in [1.54, 1.807) is 30.3 Å². The van der Waals surface area contributed by atoms with E-state index in [1.165, 1.54) is 58.0 Å². The molecule has 3 aromatic rings. The zero-order valence-corrected chi connectivity index (χ0v) is 26.9. The molecule has 2 atom stereocenters. The van der Waals surface area contributed by atoms with Gasteiger partial charge in [-0.15, -0.1) is 12.4 Å². The number of carbonyl (C=O) groups is 6. The fourth-order valence-corrected chi connectivity index (χ4v) is 4.19. The van der Waals surface area contributed by atoms with Crippen molar-refractivity contribution < 1.29 is 52.5 Å². The molecule has 47 heavy (non-hydrogen) atoms. The Hall–Kier alpha value is -5.27. The summed E-state index contributed by atoms with van der Waals surface area (Å²) in [5, 5.41) is 2.63. The first-order chi connectivity index (χ1) is 21.8. The van der Waals surface area contributed by atoms with E-state index in [0.29, 0.717) is 11.1 Å². The molecule has 0 spiro atoms. The number of amides is 1. The van der Waals surface area contributed by atoms with E-state index in [-0.39, 0.29) is 54.9 Å². The van der Waals surface area contributed by atoms with E-state index in [9.17, 15) is 28.8 Å². The Balaban J connectivity index is 0.00000768. The van der Waals surface area contributed by atoms with Gasteiger partial charge < -0.3 is 34.7 Å². The normalized spacial score (nSPS) is 11.5. The van der Waals surface area contributed by atoms with E-state index in [0.717, 1.165) is 5.56 Å². The van der Waals surface area contributed by atoms with E-state index in [1.807, 2.05) is 6.07 Å². The van der Waals surface area contributed by atoms with Crippen molar-refractivity contribution in [3.63, 3.8) is 0 Å². The lowest BCUT2D eigenvalue weighted by molar-refractivity contribution is -0.149. The van der Waals surface area contributed by atoms with Crippen LogP contribution in [0.3, 0.4) is 0 Å². The van der Waals surface area contributed by atoms with E-state index in [2.05, 4.69) is 5.32 Å². The Morgan fingerprint density at radius 2 is 1.06 bits per heavy atom. The molecule has 250 valence electrons. The zero-order valence-electron chi connectivity index (χ0n) is 26.1. The number of benzene rings is 3. The van der Waals surface area contributed by atoms with Crippen molar-refractivity contribution in [1.82, 2.24) is 5.32 Å².